The van der Waals surface area contributed by atoms with Gasteiger partial charge in [0.25, 0.3) is 0 Å². The van der Waals surface area contributed by atoms with Gasteiger partial charge < -0.3 is 5.73 Å². The van der Waals surface area contributed by atoms with Crippen molar-refractivity contribution in [2.45, 2.75) is 18.9 Å². The summed E-state index contributed by atoms with van der Waals surface area (Å²) in [6.07, 6.45) is 1.81. The Kier molecular flexibility index (Phi) is 1.87. The lowest BCUT2D eigenvalue weighted by Gasteiger charge is -2.29. The molecule has 1 aliphatic carbocycles. The number of halogens is 1. The molecular weight excluding hydrogens is 217 g/mol. The highest BCUT2D eigenvalue weighted by molar-refractivity contribution is 14.1. The molecule has 46 valence electrons. The monoisotopic (exact) mass is 225 g/mol. The number of nitrogens with two attached hydrogens (primary N) is 1. The van der Waals surface area contributed by atoms with Crippen LogP contribution in [0.3, 0.4) is 0 Å². The summed E-state index contributed by atoms with van der Waals surface area (Å²) in [5.41, 5.74) is 5.45. The van der Waals surface area contributed by atoms with Gasteiger partial charge >= 0.3 is 0 Å². The lowest BCUT2D eigenvalue weighted by Crippen LogP contribution is -2.38. The van der Waals surface area contributed by atoms with Crippen LogP contribution in [0.4, 0.5) is 0 Å². The molecule has 1 fully saturated rings. The van der Waals surface area contributed by atoms with E-state index in [2.05, 4.69) is 0 Å². The fourth-order valence-corrected chi connectivity index (χ4v) is 1.36. The number of carbonyl (C=O) groups excluding carboxylic acids is 1. The van der Waals surface area contributed by atoms with E-state index in [0.29, 0.717) is 6.04 Å². The van der Waals surface area contributed by atoms with E-state index < -0.39 is 0 Å². The van der Waals surface area contributed by atoms with Crippen molar-refractivity contribution in [1.82, 2.24) is 0 Å². The first kappa shape index (κ1) is 6.48. The van der Waals surface area contributed by atoms with E-state index in [0.717, 1.165) is 12.8 Å². The zero-order valence-electron chi connectivity index (χ0n) is 4.43. The highest BCUT2D eigenvalue weighted by Gasteiger charge is 2.29. The van der Waals surface area contributed by atoms with Crippen LogP contribution in [0.1, 0.15) is 12.8 Å². The largest absolute Gasteiger partial charge is 0.328 e. The molecule has 0 aliphatic heterocycles. The molecule has 2 N–H and O–H groups in total. The maximum absolute atomic E-state index is 10.5. The number of hydrogen-bond acceptors (Lipinski definition) is 2. The van der Waals surface area contributed by atoms with Crippen LogP contribution < -0.4 is 5.73 Å². The van der Waals surface area contributed by atoms with Crippen molar-refractivity contribution in [2.75, 3.05) is 0 Å². The summed E-state index contributed by atoms with van der Waals surface area (Å²) in [7, 11) is 0. The molecule has 0 radical (unpaired) electrons. The van der Waals surface area contributed by atoms with Gasteiger partial charge in [-0.3, -0.25) is 4.79 Å². The van der Waals surface area contributed by atoms with Gasteiger partial charge in [-0.05, 0) is 35.4 Å². The molecule has 0 aromatic heterocycles. The summed E-state index contributed by atoms with van der Waals surface area (Å²) in [6.45, 7) is 0. The molecule has 0 bridgehead atoms. The molecular formula is C5H8INO. The van der Waals surface area contributed by atoms with Gasteiger partial charge in [0.15, 0.2) is 3.79 Å². The summed E-state index contributed by atoms with van der Waals surface area (Å²) in [6, 6.07) is 0.304. The molecule has 0 aromatic rings. The van der Waals surface area contributed by atoms with Crippen LogP contribution in [0.2, 0.25) is 0 Å². The second kappa shape index (κ2) is 2.31. The normalized spacial score (nSPS) is 36.2. The van der Waals surface area contributed by atoms with Crippen molar-refractivity contribution in [3.63, 3.8) is 0 Å². The van der Waals surface area contributed by atoms with E-state index in [1.807, 2.05) is 22.6 Å². The van der Waals surface area contributed by atoms with Crippen LogP contribution >= 0.6 is 22.6 Å². The van der Waals surface area contributed by atoms with Crippen LogP contribution in [0, 0.1) is 5.92 Å². The van der Waals surface area contributed by atoms with E-state index in [-0.39, 0.29) is 9.71 Å². The SMILES string of the molecule is NC1CC(C(=O)I)C1. The molecule has 0 spiro atoms. The molecule has 0 heterocycles. The van der Waals surface area contributed by atoms with Crippen LogP contribution in [-0.4, -0.2) is 9.83 Å². The molecule has 1 rings (SSSR count). The predicted octanol–water partition coefficient (Wildman–Crippen LogP) is 0.685. The van der Waals surface area contributed by atoms with Crippen molar-refractivity contribution in [2.24, 2.45) is 11.7 Å². The highest BCUT2D eigenvalue weighted by atomic mass is 127. The van der Waals surface area contributed by atoms with Gasteiger partial charge in [0.2, 0.25) is 0 Å². The third-order valence-corrected chi connectivity index (χ3v) is 2.38. The fraction of sp³-hybridized carbons (Fsp3) is 0.800. The smallest absolute Gasteiger partial charge is 0.195 e. The van der Waals surface area contributed by atoms with E-state index in [9.17, 15) is 4.79 Å². The van der Waals surface area contributed by atoms with Gasteiger partial charge in [-0.25, -0.2) is 0 Å². The maximum Gasteiger partial charge on any atom is 0.195 e. The van der Waals surface area contributed by atoms with Gasteiger partial charge in [-0.1, -0.05) is 0 Å². The lowest BCUT2D eigenvalue weighted by molar-refractivity contribution is -0.115. The van der Waals surface area contributed by atoms with E-state index >= 15 is 0 Å². The van der Waals surface area contributed by atoms with Gasteiger partial charge in [0, 0.05) is 12.0 Å². The molecule has 0 aromatic carbocycles. The minimum atomic E-state index is 0.268. The number of rotatable bonds is 1. The van der Waals surface area contributed by atoms with E-state index in [1.54, 1.807) is 0 Å². The predicted molar refractivity (Wildman–Crippen MR) is 39.7 cm³/mol. The molecule has 3 heteroatoms. The Hall–Kier alpha value is 0.360. The summed E-state index contributed by atoms with van der Waals surface area (Å²) in [5, 5.41) is 0. The lowest BCUT2D eigenvalue weighted by atomic mass is 9.82. The third-order valence-electron chi connectivity index (χ3n) is 1.50. The molecule has 0 atom stereocenters. The van der Waals surface area contributed by atoms with Gasteiger partial charge in [0.1, 0.15) is 0 Å². The average Bonchev–Trinajstić information content (AvgIpc) is 1.57. The second-order valence-corrected chi connectivity index (χ2v) is 3.30. The molecule has 1 aliphatic rings. The Morgan fingerprint density at radius 2 is 2.12 bits per heavy atom. The second-order valence-electron chi connectivity index (χ2n) is 2.23. The number of hydrogen-bond donors (Lipinski definition) is 1. The van der Waals surface area contributed by atoms with Crippen LogP contribution in [-0.2, 0) is 4.79 Å². The van der Waals surface area contributed by atoms with Crippen molar-refractivity contribution in [3.8, 4) is 0 Å². The van der Waals surface area contributed by atoms with Gasteiger partial charge in [-0.15, -0.1) is 0 Å². The number of carbonyl (C=O) groups is 1. The Balaban J connectivity index is 2.25. The quantitative estimate of drug-likeness (QED) is 0.526. The molecule has 1 saturated carbocycles. The first-order chi connectivity index (χ1) is 3.70. The van der Waals surface area contributed by atoms with Crippen molar-refractivity contribution in [3.05, 3.63) is 0 Å². The molecule has 0 unspecified atom stereocenters. The summed E-state index contributed by atoms with van der Waals surface area (Å²) >= 11 is 1.84. The van der Waals surface area contributed by atoms with Gasteiger partial charge in [0.05, 0.1) is 0 Å². The summed E-state index contributed by atoms with van der Waals surface area (Å²) < 4.78 is 0.268. The zero-order chi connectivity index (χ0) is 6.15. The van der Waals surface area contributed by atoms with Crippen molar-refractivity contribution < 1.29 is 4.79 Å². The third kappa shape index (κ3) is 1.20. The first-order valence-corrected chi connectivity index (χ1v) is 3.73. The van der Waals surface area contributed by atoms with Crippen molar-refractivity contribution in [1.29, 1.82) is 0 Å². The molecule has 2 nitrogen and oxygen atoms in total. The Bertz CT molecular complexity index is 109. The maximum atomic E-state index is 10.5. The van der Waals surface area contributed by atoms with Crippen molar-refractivity contribution >= 4 is 26.4 Å². The minimum absolute atomic E-state index is 0.268. The Labute approximate surface area is 62.0 Å². The zero-order valence-corrected chi connectivity index (χ0v) is 6.59. The van der Waals surface area contributed by atoms with E-state index in [4.69, 9.17) is 5.73 Å². The van der Waals surface area contributed by atoms with E-state index in [1.165, 1.54) is 0 Å². The molecule has 0 saturated heterocycles. The molecule has 8 heavy (non-hydrogen) atoms. The fourth-order valence-electron chi connectivity index (χ4n) is 0.847. The Morgan fingerprint density at radius 1 is 1.62 bits per heavy atom. The summed E-state index contributed by atoms with van der Waals surface area (Å²) in [5.74, 6) is 0.283. The topological polar surface area (TPSA) is 43.1 Å². The highest BCUT2D eigenvalue weighted by Crippen LogP contribution is 2.28. The average molecular weight is 225 g/mol. The first-order valence-electron chi connectivity index (χ1n) is 2.65. The van der Waals surface area contributed by atoms with Gasteiger partial charge in [-0.2, -0.15) is 0 Å². The summed E-state index contributed by atoms with van der Waals surface area (Å²) in [4.78, 5) is 10.5. The minimum Gasteiger partial charge on any atom is -0.328 e. The van der Waals surface area contributed by atoms with Crippen LogP contribution in [0.5, 0.6) is 0 Å². The van der Waals surface area contributed by atoms with Crippen LogP contribution in [0.25, 0.3) is 0 Å². The standard InChI is InChI=1S/C5H8INO/c6-5(8)3-1-4(7)2-3/h3-4H,1-2,7H2. The van der Waals surface area contributed by atoms with Crippen LogP contribution in [0.15, 0.2) is 0 Å². The molecule has 0 amide bonds. The Morgan fingerprint density at radius 3 is 2.25 bits per heavy atom.